The molecule has 0 saturated carbocycles. The SMILES string of the molecule is CO[C@@H]([C@H](O)CC(=O)[C@@H](C)[13C@@H](O)CC[C@@H](C)[13C@@H]1O[C@]2(CC[C@@H](C)[13C@H](CC[C@H](C)[13C](C)=O)O2)C[13CH2][C@@H]1C)[C@H](OC(=O)C[C@@H](O)C1=C(C)[13C](=O)OC1=O)C(C)C. The van der Waals surface area contributed by atoms with E-state index in [1.807, 2.05) is 6.92 Å². The maximum absolute atomic E-state index is 13.3. The predicted octanol–water partition coefficient (Wildman–Crippen LogP) is 4.79. The third-order valence-electron chi connectivity index (χ3n) is 12.1. The summed E-state index contributed by atoms with van der Waals surface area (Å²) in [6.07, 6.45) is -1.03. The Balaban J connectivity index is 1.54. The zero-order valence-electron chi connectivity index (χ0n) is 34.0. The van der Waals surface area contributed by atoms with Crippen LogP contribution >= 0.6 is 0 Å². The first-order valence-electron chi connectivity index (χ1n) is 19.8. The average molecular weight is 773 g/mol. The van der Waals surface area contributed by atoms with Gasteiger partial charge >= 0.3 is 17.9 Å². The van der Waals surface area contributed by atoms with Crippen molar-refractivity contribution < 1.29 is 63.0 Å². The maximum atomic E-state index is 13.3. The Morgan fingerprint density at radius 2 is 1.48 bits per heavy atom. The molecule has 3 rings (SSSR count). The highest BCUT2D eigenvalue weighted by molar-refractivity contribution is 6.12. The van der Waals surface area contributed by atoms with Gasteiger partial charge in [-0.05, 0) is 76.0 Å². The fourth-order valence-electron chi connectivity index (χ4n) is 8.02. The van der Waals surface area contributed by atoms with Crippen molar-refractivity contribution in [2.24, 2.45) is 35.5 Å². The number of aliphatic hydroxyl groups excluding tert-OH is 3. The number of ketones is 2. The van der Waals surface area contributed by atoms with Gasteiger partial charge < -0.3 is 39.0 Å². The molecule has 0 aromatic rings. The van der Waals surface area contributed by atoms with Gasteiger partial charge in [-0.25, -0.2) is 9.59 Å². The number of hydrogen-bond acceptors (Lipinski definition) is 13. The molecule has 1 spiro atoms. The van der Waals surface area contributed by atoms with E-state index in [0.29, 0.717) is 18.8 Å². The number of hydrogen-bond donors (Lipinski definition) is 3. The number of esters is 3. The lowest BCUT2D eigenvalue weighted by molar-refractivity contribution is -0.338. The lowest BCUT2D eigenvalue weighted by Gasteiger charge is -2.51. The van der Waals surface area contributed by atoms with Gasteiger partial charge in [0.1, 0.15) is 23.8 Å². The molecule has 0 aromatic carbocycles. The van der Waals surface area contributed by atoms with E-state index in [1.165, 1.54) is 14.0 Å². The van der Waals surface area contributed by atoms with Crippen molar-refractivity contribution >= 4 is 29.5 Å². The zero-order valence-corrected chi connectivity index (χ0v) is 34.0. The molecule has 13 heteroatoms. The van der Waals surface area contributed by atoms with Crippen LogP contribution < -0.4 is 0 Å². The Bertz CT molecular complexity index is 1350. The maximum Gasteiger partial charge on any atom is 0.345 e. The van der Waals surface area contributed by atoms with Gasteiger partial charge in [-0.2, -0.15) is 0 Å². The van der Waals surface area contributed by atoms with Crippen molar-refractivity contribution in [3.8, 4) is 0 Å². The molecular formula is C41H66O13. The summed E-state index contributed by atoms with van der Waals surface area (Å²) in [5, 5.41) is 32.7. The molecule has 3 aliphatic heterocycles. The molecule has 13 atom stereocenters. The molecule has 13 nitrogen and oxygen atoms in total. The Hall–Kier alpha value is -2.55. The van der Waals surface area contributed by atoms with Gasteiger partial charge in [0.2, 0.25) is 0 Å². The number of ether oxygens (including phenoxy) is 5. The second-order valence-corrected chi connectivity index (χ2v) is 16.8. The summed E-state index contributed by atoms with van der Waals surface area (Å²) >= 11 is 0. The highest BCUT2D eigenvalue weighted by Gasteiger charge is 2.48. The van der Waals surface area contributed by atoms with Gasteiger partial charge in [0, 0.05) is 43.8 Å². The summed E-state index contributed by atoms with van der Waals surface area (Å²) in [6.45, 7) is 16.5. The minimum absolute atomic E-state index is 0.00210. The Morgan fingerprint density at radius 1 is 0.852 bits per heavy atom. The molecule has 3 heterocycles. The molecule has 54 heavy (non-hydrogen) atoms. The van der Waals surface area contributed by atoms with E-state index in [4.69, 9.17) is 18.9 Å². The van der Waals surface area contributed by atoms with Gasteiger partial charge in [0.25, 0.3) is 0 Å². The molecular weight excluding hydrogens is 706 g/mol. The number of cyclic esters (lactones) is 2. The van der Waals surface area contributed by atoms with Gasteiger partial charge in [-0.1, -0.05) is 48.5 Å². The highest BCUT2D eigenvalue weighted by Crippen LogP contribution is 2.45. The number of aliphatic hydroxyl groups is 3. The van der Waals surface area contributed by atoms with Gasteiger partial charge in [-0.3, -0.25) is 14.4 Å². The average Bonchev–Trinajstić information content (AvgIpc) is 3.37. The van der Waals surface area contributed by atoms with E-state index in [0.717, 1.165) is 38.5 Å². The predicted molar refractivity (Wildman–Crippen MR) is 197 cm³/mol. The van der Waals surface area contributed by atoms with Crippen LogP contribution in [0.2, 0.25) is 0 Å². The van der Waals surface area contributed by atoms with Gasteiger partial charge in [-0.15, -0.1) is 0 Å². The summed E-state index contributed by atoms with van der Waals surface area (Å²) in [5.74, 6) is -4.07. The summed E-state index contributed by atoms with van der Waals surface area (Å²) in [6, 6.07) is 0. The summed E-state index contributed by atoms with van der Waals surface area (Å²) in [7, 11) is 1.32. The van der Waals surface area contributed by atoms with Crippen molar-refractivity contribution in [3.63, 3.8) is 0 Å². The second-order valence-electron chi connectivity index (χ2n) is 16.8. The molecule has 0 aromatic heterocycles. The molecule has 3 aliphatic rings. The van der Waals surface area contributed by atoms with Crippen molar-refractivity contribution in [1.82, 2.24) is 0 Å². The molecule has 308 valence electrons. The smallest absolute Gasteiger partial charge is 0.345 e. The molecule has 2 fully saturated rings. The first kappa shape index (κ1) is 45.8. The van der Waals surface area contributed by atoms with E-state index in [1.54, 1.807) is 27.7 Å². The van der Waals surface area contributed by atoms with E-state index >= 15 is 0 Å². The van der Waals surface area contributed by atoms with Crippen LogP contribution in [-0.4, -0.2) is 100 Å². The number of Topliss-reactive ketones (excluding diaryl/α,β-unsaturated/α-hetero) is 2. The first-order valence-corrected chi connectivity index (χ1v) is 19.8. The van der Waals surface area contributed by atoms with Crippen LogP contribution in [0.3, 0.4) is 0 Å². The van der Waals surface area contributed by atoms with Gasteiger partial charge in [0.15, 0.2) is 5.79 Å². The summed E-state index contributed by atoms with van der Waals surface area (Å²) in [4.78, 5) is 61.6. The highest BCUT2D eigenvalue weighted by atomic mass is 16.8. The fraction of sp³-hybridized carbons (Fsp3) is 0.829. The van der Waals surface area contributed by atoms with Crippen LogP contribution in [0.25, 0.3) is 0 Å². The zero-order chi connectivity index (χ0) is 40.7. The van der Waals surface area contributed by atoms with Crippen molar-refractivity contribution in [2.45, 2.75) is 175 Å². The van der Waals surface area contributed by atoms with Crippen LogP contribution in [0.15, 0.2) is 11.1 Å². The minimum atomic E-state index is -1.63. The molecule has 3 N–H and O–H groups in total. The third kappa shape index (κ3) is 11.7. The molecule has 0 unspecified atom stereocenters. The number of methoxy groups -OCH3 is 1. The molecule has 0 bridgehead atoms. The fourth-order valence-corrected chi connectivity index (χ4v) is 8.02. The quantitative estimate of drug-likeness (QED) is 0.0871. The second kappa shape index (κ2) is 20.0. The lowest BCUT2D eigenvalue weighted by Crippen LogP contribution is -2.53. The van der Waals surface area contributed by atoms with Crippen LogP contribution in [0.4, 0.5) is 0 Å². The Kier molecular flexibility index (Phi) is 17.0. The lowest BCUT2D eigenvalue weighted by atomic mass is 9.92. The van der Waals surface area contributed by atoms with E-state index in [-0.39, 0.29) is 65.0 Å². The topological polar surface area (TPSA) is 192 Å². The molecule has 0 aliphatic carbocycles. The van der Waals surface area contributed by atoms with Crippen molar-refractivity contribution in [3.05, 3.63) is 11.1 Å². The monoisotopic (exact) mass is 772 g/mol. The van der Waals surface area contributed by atoms with Crippen LogP contribution in [0, 0.1) is 35.5 Å². The third-order valence-corrected chi connectivity index (χ3v) is 12.1. The summed E-state index contributed by atoms with van der Waals surface area (Å²) in [5.41, 5.74) is -0.403. The Labute approximate surface area is 320 Å². The minimum Gasteiger partial charge on any atom is -0.459 e. The number of carbonyl (C=O) groups is 5. The van der Waals surface area contributed by atoms with Crippen molar-refractivity contribution in [1.29, 1.82) is 0 Å². The Morgan fingerprint density at radius 3 is 2.04 bits per heavy atom. The largest absolute Gasteiger partial charge is 0.459 e. The number of rotatable bonds is 20. The van der Waals surface area contributed by atoms with E-state index < -0.39 is 66.6 Å². The summed E-state index contributed by atoms with van der Waals surface area (Å²) < 4.78 is 29.1. The van der Waals surface area contributed by atoms with Crippen LogP contribution in [0.5, 0.6) is 0 Å². The first-order chi connectivity index (χ1) is 25.2. The van der Waals surface area contributed by atoms with Gasteiger partial charge in [0.05, 0.1) is 42.5 Å². The van der Waals surface area contributed by atoms with E-state index in [2.05, 4.69) is 25.5 Å². The van der Waals surface area contributed by atoms with Crippen LogP contribution in [0.1, 0.15) is 127 Å². The standard InChI is InChI=1S/C41H66O13/c1-21(2)36(51-34(47)20-31(45)35-27(8)39(48)52-40(35)49)38(50-10)32(46)19-30(44)26(7)29(43)13-11-24(5)37-25(6)16-18-41(54-37)17-15-23(4)33(53-41)14-12-22(3)28(9)42/h21-26,29,31-33,36-38,43,45-46H,11-20H2,1-10H3/t22-,23+,24+,25-,26-,29-,31+,32+,33-,36+,37-,38-,41+/m0/s1/i16+1,28+1,29+1,33+1,37+1,39+1. The van der Waals surface area contributed by atoms with Crippen molar-refractivity contribution in [2.75, 3.05) is 7.11 Å². The molecule has 2 saturated heterocycles. The number of carbonyl (C=O) groups excluding carboxylic acids is 5. The molecule has 0 radical (unpaired) electrons. The van der Waals surface area contributed by atoms with E-state index in [9.17, 15) is 39.3 Å². The normalized spacial score (nSPS) is 29.3. The molecule has 0 amide bonds. The van der Waals surface area contributed by atoms with Crippen LogP contribution in [-0.2, 0) is 47.7 Å².